The number of hydrogen-bond donors (Lipinski definition) is 2. The number of rotatable bonds is 4. The largest absolute Gasteiger partial charge is 0.397 e. The Bertz CT molecular complexity index is 360. The third-order valence-electron chi connectivity index (χ3n) is 1.99. The first-order valence-electron chi connectivity index (χ1n) is 4.82. The van der Waals surface area contributed by atoms with Gasteiger partial charge in [0.05, 0.1) is 10.7 Å². The van der Waals surface area contributed by atoms with Crippen LogP contribution in [0.5, 0.6) is 0 Å². The maximum Gasteiger partial charge on any atom is 0.260 e. The zero-order chi connectivity index (χ0) is 11.6. The molecule has 0 saturated heterocycles. The van der Waals surface area contributed by atoms with Crippen molar-refractivity contribution in [1.82, 2.24) is 0 Å². The molecule has 4 nitrogen and oxygen atoms in total. The molecule has 0 bridgehead atoms. The average Bonchev–Trinajstić information content (AvgIpc) is 2.46. The fourth-order valence-electron chi connectivity index (χ4n) is 1.41. The first-order chi connectivity index (χ1) is 6.91. The highest BCUT2D eigenvalue weighted by Gasteiger charge is 2.14. The van der Waals surface area contributed by atoms with Gasteiger partial charge in [0.1, 0.15) is 4.88 Å². The summed E-state index contributed by atoms with van der Waals surface area (Å²) < 4.78 is 0. The van der Waals surface area contributed by atoms with Gasteiger partial charge < -0.3 is 16.4 Å². The van der Waals surface area contributed by atoms with Crippen LogP contribution in [0.1, 0.15) is 23.5 Å². The van der Waals surface area contributed by atoms with E-state index in [2.05, 4.69) is 18.7 Å². The minimum atomic E-state index is -0.457. The van der Waals surface area contributed by atoms with Gasteiger partial charge in [-0.25, -0.2) is 0 Å². The van der Waals surface area contributed by atoms with Gasteiger partial charge in [0.15, 0.2) is 0 Å². The number of primary amides is 1. The number of anilines is 2. The van der Waals surface area contributed by atoms with E-state index >= 15 is 0 Å². The lowest BCUT2D eigenvalue weighted by atomic mass is 10.2. The summed E-state index contributed by atoms with van der Waals surface area (Å²) >= 11 is 1.34. The molecule has 84 valence electrons. The average molecular weight is 227 g/mol. The van der Waals surface area contributed by atoms with E-state index in [1.165, 1.54) is 11.3 Å². The summed E-state index contributed by atoms with van der Waals surface area (Å²) in [5.41, 5.74) is 11.4. The monoisotopic (exact) mass is 227 g/mol. The molecule has 0 saturated carbocycles. The lowest BCUT2D eigenvalue weighted by Crippen LogP contribution is -2.21. The van der Waals surface area contributed by atoms with Crippen LogP contribution >= 0.6 is 11.3 Å². The third kappa shape index (κ3) is 2.86. The molecule has 1 amide bonds. The second-order valence-electron chi connectivity index (χ2n) is 4.01. The minimum Gasteiger partial charge on any atom is -0.397 e. The molecule has 0 aromatic carbocycles. The predicted octanol–water partition coefficient (Wildman–Crippen LogP) is 1.52. The van der Waals surface area contributed by atoms with Crippen molar-refractivity contribution in [2.45, 2.75) is 13.8 Å². The van der Waals surface area contributed by atoms with Crippen molar-refractivity contribution in [3.05, 3.63) is 10.9 Å². The summed E-state index contributed by atoms with van der Waals surface area (Å²) in [6, 6.07) is 1.80. The highest BCUT2D eigenvalue weighted by molar-refractivity contribution is 7.18. The van der Waals surface area contributed by atoms with Crippen LogP contribution in [0.25, 0.3) is 0 Å². The molecule has 0 aliphatic carbocycles. The van der Waals surface area contributed by atoms with Gasteiger partial charge in [0.25, 0.3) is 5.91 Å². The molecule has 1 heterocycles. The van der Waals surface area contributed by atoms with Crippen molar-refractivity contribution in [3.63, 3.8) is 0 Å². The number of nitrogen functional groups attached to an aromatic ring is 1. The second-order valence-corrected chi connectivity index (χ2v) is 5.04. The Morgan fingerprint density at radius 1 is 1.60 bits per heavy atom. The van der Waals surface area contributed by atoms with E-state index in [0.717, 1.165) is 11.5 Å². The lowest BCUT2D eigenvalue weighted by molar-refractivity contribution is 0.100. The molecule has 0 spiro atoms. The van der Waals surface area contributed by atoms with Gasteiger partial charge in [-0.1, -0.05) is 13.8 Å². The topological polar surface area (TPSA) is 72.3 Å². The predicted molar refractivity (Wildman–Crippen MR) is 65.4 cm³/mol. The SMILES string of the molecule is CC(C)CN(C)c1cc(N)c(C(N)=O)s1. The van der Waals surface area contributed by atoms with Crippen LogP contribution in [0.2, 0.25) is 0 Å². The number of thiophene rings is 1. The Kier molecular flexibility index (Phi) is 3.57. The summed E-state index contributed by atoms with van der Waals surface area (Å²) in [6.07, 6.45) is 0. The highest BCUT2D eigenvalue weighted by atomic mass is 32.1. The number of amides is 1. The van der Waals surface area contributed by atoms with Crippen molar-refractivity contribution in [2.75, 3.05) is 24.2 Å². The number of hydrogen-bond acceptors (Lipinski definition) is 4. The van der Waals surface area contributed by atoms with E-state index in [4.69, 9.17) is 11.5 Å². The van der Waals surface area contributed by atoms with Crippen LogP contribution in [0, 0.1) is 5.92 Å². The second kappa shape index (κ2) is 4.53. The molecular weight excluding hydrogens is 210 g/mol. The van der Waals surface area contributed by atoms with Crippen LogP contribution in [0.15, 0.2) is 6.07 Å². The van der Waals surface area contributed by atoms with Gasteiger partial charge in [-0.3, -0.25) is 4.79 Å². The van der Waals surface area contributed by atoms with E-state index in [1.807, 2.05) is 7.05 Å². The highest BCUT2D eigenvalue weighted by Crippen LogP contribution is 2.31. The first kappa shape index (κ1) is 11.8. The van der Waals surface area contributed by atoms with Gasteiger partial charge in [0, 0.05) is 13.6 Å². The molecule has 0 radical (unpaired) electrons. The number of carbonyl (C=O) groups excluding carboxylic acids is 1. The zero-order valence-corrected chi connectivity index (χ0v) is 10.1. The standard InChI is InChI=1S/C10H17N3OS/c1-6(2)5-13(3)8-4-7(11)9(15-8)10(12)14/h4,6H,5,11H2,1-3H3,(H2,12,14). The summed E-state index contributed by atoms with van der Waals surface area (Å²) in [5, 5.41) is 0.981. The Morgan fingerprint density at radius 2 is 2.20 bits per heavy atom. The Labute approximate surface area is 93.9 Å². The van der Waals surface area contributed by atoms with E-state index in [9.17, 15) is 4.79 Å². The van der Waals surface area contributed by atoms with Crippen molar-refractivity contribution in [2.24, 2.45) is 11.7 Å². The molecule has 0 atom stereocenters. The van der Waals surface area contributed by atoms with Crippen LogP contribution < -0.4 is 16.4 Å². The Morgan fingerprint density at radius 3 is 2.60 bits per heavy atom. The van der Waals surface area contributed by atoms with Gasteiger partial charge in [-0.05, 0) is 12.0 Å². The molecule has 15 heavy (non-hydrogen) atoms. The number of carbonyl (C=O) groups is 1. The molecule has 1 aromatic rings. The molecule has 0 fully saturated rings. The summed E-state index contributed by atoms with van der Waals surface area (Å²) in [6.45, 7) is 5.21. The van der Waals surface area contributed by atoms with Gasteiger partial charge in [-0.2, -0.15) is 0 Å². The van der Waals surface area contributed by atoms with Crippen LogP contribution in [-0.2, 0) is 0 Å². The van der Waals surface area contributed by atoms with Crippen molar-refractivity contribution < 1.29 is 4.79 Å². The Balaban J connectivity index is 2.87. The third-order valence-corrected chi connectivity index (χ3v) is 3.27. The molecule has 4 N–H and O–H groups in total. The van der Waals surface area contributed by atoms with Crippen molar-refractivity contribution >= 4 is 27.9 Å². The molecule has 0 aliphatic heterocycles. The quantitative estimate of drug-likeness (QED) is 0.819. The molecule has 0 unspecified atom stereocenters. The summed E-state index contributed by atoms with van der Waals surface area (Å²) in [7, 11) is 1.98. The minimum absolute atomic E-state index is 0.445. The van der Waals surface area contributed by atoms with Crippen molar-refractivity contribution in [3.8, 4) is 0 Å². The summed E-state index contributed by atoms with van der Waals surface area (Å²) in [4.78, 5) is 13.5. The van der Waals surface area contributed by atoms with Gasteiger partial charge in [-0.15, -0.1) is 11.3 Å². The smallest absolute Gasteiger partial charge is 0.260 e. The normalized spacial score (nSPS) is 10.7. The summed E-state index contributed by atoms with van der Waals surface area (Å²) in [5.74, 6) is 0.108. The maximum absolute atomic E-state index is 11.0. The molecule has 5 heteroatoms. The van der Waals surface area contributed by atoms with E-state index in [1.54, 1.807) is 6.07 Å². The van der Waals surface area contributed by atoms with Gasteiger partial charge in [0.2, 0.25) is 0 Å². The van der Waals surface area contributed by atoms with Gasteiger partial charge >= 0.3 is 0 Å². The van der Waals surface area contributed by atoms with Crippen LogP contribution in [0.3, 0.4) is 0 Å². The Hall–Kier alpha value is -1.23. The molecule has 0 aliphatic rings. The fraction of sp³-hybridized carbons (Fsp3) is 0.500. The van der Waals surface area contributed by atoms with E-state index in [-0.39, 0.29) is 0 Å². The van der Waals surface area contributed by atoms with E-state index < -0.39 is 5.91 Å². The van der Waals surface area contributed by atoms with E-state index in [0.29, 0.717) is 16.5 Å². The van der Waals surface area contributed by atoms with Crippen LogP contribution in [0.4, 0.5) is 10.7 Å². The molecule has 1 aromatic heterocycles. The van der Waals surface area contributed by atoms with Crippen molar-refractivity contribution in [1.29, 1.82) is 0 Å². The lowest BCUT2D eigenvalue weighted by Gasteiger charge is -2.18. The zero-order valence-electron chi connectivity index (χ0n) is 9.28. The number of nitrogens with zero attached hydrogens (tertiary/aromatic N) is 1. The molecular formula is C10H17N3OS. The molecule has 1 rings (SSSR count). The first-order valence-corrected chi connectivity index (χ1v) is 5.63. The fourth-order valence-corrected chi connectivity index (χ4v) is 2.31. The number of nitrogens with two attached hydrogens (primary N) is 2. The maximum atomic E-state index is 11.0. The van der Waals surface area contributed by atoms with Crippen LogP contribution in [-0.4, -0.2) is 19.5 Å².